The number of Topliss-reactive ketones (excluding diaryl/α,β-unsaturated/α-hetero) is 1. The lowest BCUT2D eigenvalue weighted by molar-refractivity contribution is -0.132. The van der Waals surface area contributed by atoms with Gasteiger partial charge >= 0.3 is 0 Å². The molecule has 1 saturated heterocycles. The van der Waals surface area contributed by atoms with Crippen LogP contribution in [0.1, 0.15) is 53.7 Å². The zero-order valence-electron chi connectivity index (χ0n) is 13.5. The Balaban J connectivity index is 1.60. The molecule has 0 unspecified atom stereocenters. The first-order valence-electron chi connectivity index (χ1n) is 8.02. The van der Waals surface area contributed by atoms with Crippen molar-refractivity contribution in [1.82, 2.24) is 20.1 Å². The van der Waals surface area contributed by atoms with E-state index in [0.717, 1.165) is 18.7 Å². The number of halogens is 1. The van der Waals surface area contributed by atoms with Crippen molar-refractivity contribution in [1.29, 1.82) is 0 Å². The number of aromatic amines is 1. The summed E-state index contributed by atoms with van der Waals surface area (Å²) < 4.78 is 12.9. The number of hydrogen-bond acceptors (Lipinski definition) is 4. The van der Waals surface area contributed by atoms with Gasteiger partial charge in [0, 0.05) is 24.9 Å². The number of nitrogens with one attached hydrogen (secondary N) is 1. The van der Waals surface area contributed by atoms with Gasteiger partial charge in [0.25, 0.3) is 0 Å². The van der Waals surface area contributed by atoms with Crippen LogP contribution in [0.15, 0.2) is 24.3 Å². The van der Waals surface area contributed by atoms with Gasteiger partial charge in [-0.3, -0.25) is 14.7 Å². The number of carbonyl (C=O) groups excluding carboxylic acids is 2. The molecule has 3 rings (SSSR count). The molecule has 126 valence electrons. The van der Waals surface area contributed by atoms with E-state index in [0.29, 0.717) is 17.9 Å². The molecular formula is C17H19FN4O2. The number of hydrogen-bond donors (Lipinski definition) is 1. The summed E-state index contributed by atoms with van der Waals surface area (Å²) in [7, 11) is 0. The largest absolute Gasteiger partial charge is 0.332 e. The van der Waals surface area contributed by atoms with Crippen LogP contribution < -0.4 is 0 Å². The van der Waals surface area contributed by atoms with Crippen molar-refractivity contribution < 1.29 is 14.0 Å². The summed E-state index contributed by atoms with van der Waals surface area (Å²) in [6, 6.07) is 5.26. The molecule has 0 radical (unpaired) electrons. The Morgan fingerprint density at radius 2 is 2.04 bits per heavy atom. The van der Waals surface area contributed by atoms with Crippen LogP contribution in [0.25, 0.3) is 0 Å². The molecule has 1 aromatic carbocycles. The first-order valence-corrected chi connectivity index (χ1v) is 8.02. The van der Waals surface area contributed by atoms with E-state index in [2.05, 4.69) is 15.2 Å². The predicted molar refractivity (Wildman–Crippen MR) is 84.8 cm³/mol. The number of carbonyl (C=O) groups is 2. The van der Waals surface area contributed by atoms with Crippen LogP contribution in [0.4, 0.5) is 4.39 Å². The molecule has 1 aromatic heterocycles. The maximum Gasteiger partial charge on any atom is 0.223 e. The SMILES string of the molecule is Cc1nc([C@@H]2CCCN2C(=O)CCC(=O)c2ccc(F)cc2)n[nH]1. The van der Waals surface area contributed by atoms with Gasteiger partial charge in [-0.2, -0.15) is 5.10 Å². The molecule has 1 atom stereocenters. The van der Waals surface area contributed by atoms with Crippen molar-refractivity contribution in [3.05, 3.63) is 47.3 Å². The average molecular weight is 330 g/mol. The zero-order valence-corrected chi connectivity index (χ0v) is 13.5. The van der Waals surface area contributed by atoms with Crippen molar-refractivity contribution in [3.8, 4) is 0 Å². The molecule has 0 spiro atoms. The molecule has 2 heterocycles. The number of aromatic nitrogens is 3. The number of amides is 1. The lowest BCUT2D eigenvalue weighted by Gasteiger charge is -2.22. The second-order valence-corrected chi connectivity index (χ2v) is 5.95. The standard InChI is InChI=1S/C17H19FN4O2/c1-11-19-17(21-20-11)14-3-2-10-22(14)16(24)9-8-15(23)12-4-6-13(18)7-5-12/h4-7,14H,2-3,8-10H2,1H3,(H,19,20,21)/t14-/m0/s1. The predicted octanol–water partition coefficient (Wildman–Crippen LogP) is 2.58. The second kappa shape index (κ2) is 6.90. The Morgan fingerprint density at radius 3 is 2.71 bits per heavy atom. The fourth-order valence-electron chi connectivity index (χ4n) is 2.99. The normalized spacial score (nSPS) is 17.2. The Hall–Kier alpha value is -2.57. The summed E-state index contributed by atoms with van der Waals surface area (Å²) in [4.78, 5) is 30.6. The van der Waals surface area contributed by atoms with Gasteiger partial charge in [-0.05, 0) is 44.0 Å². The van der Waals surface area contributed by atoms with Gasteiger partial charge in [0.05, 0.1) is 6.04 Å². The highest BCUT2D eigenvalue weighted by molar-refractivity contribution is 5.97. The van der Waals surface area contributed by atoms with E-state index in [9.17, 15) is 14.0 Å². The minimum Gasteiger partial charge on any atom is -0.332 e. The third-order valence-electron chi connectivity index (χ3n) is 4.22. The van der Waals surface area contributed by atoms with Crippen LogP contribution in [0.5, 0.6) is 0 Å². The van der Waals surface area contributed by atoms with Gasteiger partial charge < -0.3 is 4.90 Å². The third kappa shape index (κ3) is 3.50. The molecular weight excluding hydrogens is 311 g/mol. The Morgan fingerprint density at radius 1 is 1.29 bits per heavy atom. The average Bonchev–Trinajstić information content (AvgIpc) is 3.21. The van der Waals surface area contributed by atoms with Crippen molar-refractivity contribution in [3.63, 3.8) is 0 Å². The molecule has 7 heteroatoms. The highest BCUT2D eigenvalue weighted by Gasteiger charge is 2.32. The molecule has 0 saturated carbocycles. The second-order valence-electron chi connectivity index (χ2n) is 5.95. The summed E-state index contributed by atoms with van der Waals surface area (Å²) in [5, 5.41) is 6.95. The van der Waals surface area contributed by atoms with Gasteiger partial charge in [-0.15, -0.1) is 0 Å². The van der Waals surface area contributed by atoms with Crippen molar-refractivity contribution >= 4 is 11.7 Å². The first kappa shape index (κ1) is 16.3. The fourth-order valence-corrected chi connectivity index (χ4v) is 2.99. The highest BCUT2D eigenvalue weighted by Crippen LogP contribution is 2.30. The number of benzene rings is 1. The number of aryl methyl sites for hydroxylation is 1. The summed E-state index contributed by atoms with van der Waals surface area (Å²) in [5.74, 6) is 0.728. The molecule has 0 aliphatic carbocycles. The first-order chi connectivity index (χ1) is 11.5. The molecule has 2 aromatic rings. The molecule has 1 fully saturated rings. The maximum atomic E-state index is 12.9. The lowest BCUT2D eigenvalue weighted by Crippen LogP contribution is -2.31. The topological polar surface area (TPSA) is 79.0 Å². The molecule has 1 amide bonds. The molecule has 1 aliphatic heterocycles. The van der Waals surface area contributed by atoms with Crippen LogP contribution in [-0.2, 0) is 4.79 Å². The number of rotatable bonds is 5. The summed E-state index contributed by atoms with van der Waals surface area (Å²) in [5.41, 5.74) is 0.423. The van der Waals surface area contributed by atoms with Crippen LogP contribution in [0.2, 0.25) is 0 Å². The summed E-state index contributed by atoms with van der Waals surface area (Å²) >= 11 is 0. The molecule has 1 N–H and O–H groups in total. The highest BCUT2D eigenvalue weighted by atomic mass is 19.1. The van der Waals surface area contributed by atoms with Crippen LogP contribution in [0.3, 0.4) is 0 Å². The van der Waals surface area contributed by atoms with E-state index < -0.39 is 0 Å². The van der Waals surface area contributed by atoms with E-state index in [1.165, 1.54) is 24.3 Å². The van der Waals surface area contributed by atoms with Crippen molar-refractivity contribution in [2.24, 2.45) is 0 Å². The third-order valence-corrected chi connectivity index (χ3v) is 4.22. The van der Waals surface area contributed by atoms with E-state index in [1.54, 1.807) is 4.90 Å². The van der Waals surface area contributed by atoms with E-state index in [4.69, 9.17) is 0 Å². The lowest BCUT2D eigenvalue weighted by atomic mass is 10.1. The van der Waals surface area contributed by atoms with Gasteiger partial charge in [0.15, 0.2) is 11.6 Å². The van der Waals surface area contributed by atoms with Crippen LogP contribution >= 0.6 is 0 Å². The number of H-pyrrole nitrogens is 1. The number of likely N-dealkylation sites (tertiary alicyclic amines) is 1. The van der Waals surface area contributed by atoms with Gasteiger partial charge in [-0.25, -0.2) is 9.37 Å². The Bertz CT molecular complexity index is 741. The molecule has 1 aliphatic rings. The zero-order chi connectivity index (χ0) is 17.1. The summed E-state index contributed by atoms with van der Waals surface area (Å²) in [6.45, 7) is 2.47. The minimum atomic E-state index is -0.385. The van der Waals surface area contributed by atoms with E-state index >= 15 is 0 Å². The minimum absolute atomic E-state index is 0.0737. The van der Waals surface area contributed by atoms with Crippen LogP contribution in [-0.4, -0.2) is 38.3 Å². The van der Waals surface area contributed by atoms with E-state index in [-0.39, 0.29) is 36.4 Å². The molecule has 0 bridgehead atoms. The van der Waals surface area contributed by atoms with E-state index in [1.807, 2.05) is 6.92 Å². The van der Waals surface area contributed by atoms with Crippen molar-refractivity contribution in [2.45, 2.75) is 38.6 Å². The fraction of sp³-hybridized carbons (Fsp3) is 0.412. The van der Waals surface area contributed by atoms with Crippen LogP contribution in [0, 0.1) is 12.7 Å². The Kier molecular flexibility index (Phi) is 4.69. The molecule has 24 heavy (non-hydrogen) atoms. The molecule has 6 nitrogen and oxygen atoms in total. The monoisotopic (exact) mass is 330 g/mol. The number of ketones is 1. The Labute approximate surface area is 139 Å². The quantitative estimate of drug-likeness (QED) is 0.855. The van der Waals surface area contributed by atoms with Gasteiger partial charge in [0.1, 0.15) is 11.6 Å². The smallest absolute Gasteiger partial charge is 0.223 e. The maximum absolute atomic E-state index is 12.9. The van der Waals surface area contributed by atoms with Crippen molar-refractivity contribution in [2.75, 3.05) is 6.54 Å². The summed E-state index contributed by atoms with van der Waals surface area (Å²) in [6.07, 6.45) is 1.97. The van der Waals surface area contributed by atoms with Gasteiger partial charge in [0.2, 0.25) is 5.91 Å². The number of nitrogens with zero attached hydrogens (tertiary/aromatic N) is 3. The van der Waals surface area contributed by atoms with Gasteiger partial charge in [-0.1, -0.05) is 0 Å².